The third-order valence-corrected chi connectivity index (χ3v) is 5.34. The number of hydrogen-bond donors (Lipinski definition) is 1. The maximum Gasteiger partial charge on any atom is 0.161 e. The molecule has 2 aromatic rings. The Hall–Kier alpha value is -1.65. The van der Waals surface area contributed by atoms with Gasteiger partial charge in [0.05, 0.1) is 12.6 Å². The molecule has 1 aliphatic carbocycles. The van der Waals surface area contributed by atoms with Gasteiger partial charge in [-0.3, -0.25) is 0 Å². The Morgan fingerprint density at radius 2 is 2.04 bits per heavy atom. The van der Waals surface area contributed by atoms with Crippen molar-refractivity contribution in [3.8, 4) is 11.4 Å². The Bertz CT molecular complexity index is 749. The van der Waals surface area contributed by atoms with Gasteiger partial charge in [0.1, 0.15) is 5.82 Å². The predicted octanol–water partition coefficient (Wildman–Crippen LogP) is 3.64. The normalized spacial score (nSPS) is 20.2. The molecule has 2 heterocycles. The molecule has 126 valence electrons. The predicted molar refractivity (Wildman–Crippen MR) is 96.6 cm³/mol. The molecule has 1 aromatic carbocycles. The largest absolute Gasteiger partial charge is 0.394 e. The number of fused-ring (bicyclic) bond motifs is 1. The second-order valence-corrected chi connectivity index (χ2v) is 7.12. The summed E-state index contributed by atoms with van der Waals surface area (Å²) in [7, 11) is 0. The molecular weight excluding hydrogens is 322 g/mol. The highest BCUT2D eigenvalue weighted by molar-refractivity contribution is 6.30. The molecule has 0 bridgehead atoms. The van der Waals surface area contributed by atoms with Gasteiger partial charge in [0.2, 0.25) is 0 Å². The number of aromatic nitrogens is 2. The molecule has 0 unspecified atom stereocenters. The maximum absolute atomic E-state index is 9.72. The van der Waals surface area contributed by atoms with Crippen molar-refractivity contribution in [1.29, 1.82) is 0 Å². The van der Waals surface area contributed by atoms with Gasteiger partial charge in [-0.1, -0.05) is 23.7 Å². The fourth-order valence-electron chi connectivity index (χ4n) is 3.87. The molecule has 1 fully saturated rings. The molecule has 1 aliphatic heterocycles. The van der Waals surface area contributed by atoms with E-state index in [2.05, 4.69) is 4.90 Å². The molecule has 4 nitrogen and oxygen atoms in total. The maximum atomic E-state index is 9.72. The van der Waals surface area contributed by atoms with Crippen LogP contribution < -0.4 is 4.90 Å². The summed E-state index contributed by atoms with van der Waals surface area (Å²) in [5, 5.41) is 10.4. The van der Waals surface area contributed by atoms with Crippen molar-refractivity contribution in [1.82, 2.24) is 9.97 Å². The number of aliphatic hydroxyl groups is 1. The van der Waals surface area contributed by atoms with E-state index in [1.807, 2.05) is 24.3 Å². The van der Waals surface area contributed by atoms with Crippen LogP contribution in [0, 0.1) is 0 Å². The van der Waals surface area contributed by atoms with Crippen LogP contribution in [0.1, 0.15) is 36.9 Å². The topological polar surface area (TPSA) is 49.2 Å². The molecule has 0 amide bonds. The van der Waals surface area contributed by atoms with Crippen LogP contribution in [0.2, 0.25) is 5.02 Å². The van der Waals surface area contributed by atoms with Crippen LogP contribution in [0.15, 0.2) is 24.3 Å². The van der Waals surface area contributed by atoms with Crippen molar-refractivity contribution in [2.24, 2.45) is 0 Å². The van der Waals surface area contributed by atoms with Crippen LogP contribution in [0.25, 0.3) is 11.4 Å². The van der Waals surface area contributed by atoms with Crippen LogP contribution >= 0.6 is 11.6 Å². The van der Waals surface area contributed by atoms with Gasteiger partial charge in [-0.15, -0.1) is 0 Å². The lowest BCUT2D eigenvalue weighted by Gasteiger charge is -2.29. The van der Waals surface area contributed by atoms with Crippen molar-refractivity contribution in [3.63, 3.8) is 0 Å². The van der Waals surface area contributed by atoms with Gasteiger partial charge in [-0.05, 0) is 50.7 Å². The highest BCUT2D eigenvalue weighted by Gasteiger charge is 2.29. The van der Waals surface area contributed by atoms with E-state index in [-0.39, 0.29) is 12.6 Å². The molecule has 1 atom stereocenters. The van der Waals surface area contributed by atoms with E-state index in [1.165, 1.54) is 24.1 Å². The molecule has 1 aromatic heterocycles. The van der Waals surface area contributed by atoms with Crippen molar-refractivity contribution in [2.75, 3.05) is 18.1 Å². The van der Waals surface area contributed by atoms with Gasteiger partial charge in [-0.25, -0.2) is 9.97 Å². The van der Waals surface area contributed by atoms with Crippen molar-refractivity contribution >= 4 is 17.4 Å². The summed E-state index contributed by atoms with van der Waals surface area (Å²) in [6.07, 6.45) is 6.56. The first kappa shape index (κ1) is 15.9. The molecule has 2 aliphatic rings. The smallest absolute Gasteiger partial charge is 0.161 e. The summed E-state index contributed by atoms with van der Waals surface area (Å²) in [5.41, 5.74) is 3.41. The van der Waals surface area contributed by atoms with E-state index >= 15 is 0 Å². The summed E-state index contributed by atoms with van der Waals surface area (Å²) >= 11 is 6.15. The van der Waals surface area contributed by atoms with E-state index in [9.17, 15) is 5.11 Å². The number of benzene rings is 1. The lowest BCUT2D eigenvalue weighted by Crippen LogP contribution is -2.34. The van der Waals surface area contributed by atoms with Crippen molar-refractivity contribution < 1.29 is 5.11 Å². The van der Waals surface area contributed by atoms with Crippen LogP contribution in [0.4, 0.5) is 5.82 Å². The highest BCUT2D eigenvalue weighted by atomic mass is 35.5. The third-order valence-electron chi connectivity index (χ3n) is 5.10. The summed E-state index contributed by atoms with van der Waals surface area (Å²) in [6, 6.07) is 7.91. The molecule has 0 saturated carbocycles. The first-order chi connectivity index (χ1) is 11.8. The zero-order chi connectivity index (χ0) is 16.5. The lowest BCUT2D eigenvalue weighted by molar-refractivity contribution is 0.266. The fraction of sp³-hybridized carbons (Fsp3) is 0.474. The molecule has 0 radical (unpaired) electrons. The third kappa shape index (κ3) is 2.89. The molecule has 5 heteroatoms. The number of hydrogen-bond acceptors (Lipinski definition) is 4. The van der Waals surface area contributed by atoms with Gasteiger partial charge in [-0.2, -0.15) is 0 Å². The highest BCUT2D eigenvalue weighted by Crippen LogP contribution is 2.34. The van der Waals surface area contributed by atoms with Crippen molar-refractivity contribution in [2.45, 2.75) is 44.6 Å². The molecule has 4 rings (SSSR count). The number of anilines is 1. The molecular formula is C19H22ClN3O. The Morgan fingerprint density at radius 3 is 2.88 bits per heavy atom. The second-order valence-electron chi connectivity index (χ2n) is 6.69. The van der Waals surface area contributed by atoms with Crippen LogP contribution in [-0.2, 0) is 12.8 Å². The van der Waals surface area contributed by atoms with Gasteiger partial charge in [0.15, 0.2) is 5.82 Å². The zero-order valence-electron chi connectivity index (χ0n) is 13.7. The molecule has 1 saturated heterocycles. The Balaban J connectivity index is 1.83. The van der Waals surface area contributed by atoms with Crippen LogP contribution in [0.3, 0.4) is 0 Å². The summed E-state index contributed by atoms with van der Waals surface area (Å²) in [5.74, 6) is 1.78. The number of halogens is 1. The second kappa shape index (κ2) is 6.69. The quantitative estimate of drug-likeness (QED) is 0.924. The molecule has 24 heavy (non-hydrogen) atoms. The van der Waals surface area contributed by atoms with Crippen molar-refractivity contribution in [3.05, 3.63) is 40.5 Å². The zero-order valence-corrected chi connectivity index (χ0v) is 14.5. The van der Waals surface area contributed by atoms with E-state index < -0.39 is 0 Å². The van der Waals surface area contributed by atoms with E-state index in [0.29, 0.717) is 5.02 Å². The van der Waals surface area contributed by atoms with E-state index in [4.69, 9.17) is 21.6 Å². The van der Waals surface area contributed by atoms with Gasteiger partial charge in [0.25, 0.3) is 0 Å². The van der Waals surface area contributed by atoms with Gasteiger partial charge < -0.3 is 10.0 Å². The van der Waals surface area contributed by atoms with Gasteiger partial charge in [0, 0.05) is 28.4 Å². The summed E-state index contributed by atoms with van der Waals surface area (Å²) in [6.45, 7) is 1.15. The monoisotopic (exact) mass is 343 g/mol. The summed E-state index contributed by atoms with van der Waals surface area (Å²) < 4.78 is 0. The number of aryl methyl sites for hydroxylation is 1. The fourth-order valence-corrected chi connectivity index (χ4v) is 4.06. The minimum atomic E-state index is 0.179. The number of nitrogens with zero attached hydrogens (tertiary/aromatic N) is 3. The number of aliphatic hydroxyl groups excluding tert-OH is 1. The van der Waals surface area contributed by atoms with E-state index in [1.54, 1.807) is 0 Å². The van der Waals surface area contributed by atoms with Gasteiger partial charge >= 0.3 is 0 Å². The standard InChI is InChI=1S/C19H22ClN3O/c20-14-6-3-5-13(11-14)18-21-17-9-2-1-8-16(17)19(22-18)23-10-4-7-15(23)12-24/h3,5-6,11,15,24H,1-2,4,7-10,12H2/t15-/m0/s1. The Kier molecular flexibility index (Phi) is 4.42. The van der Waals surface area contributed by atoms with E-state index in [0.717, 1.165) is 49.4 Å². The lowest BCUT2D eigenvalue weighted by atomic mass is 9.95. The van der Waals surface area contributed by atoms with Crippen LogP contribution in [-0.4, -0.2) is 34.3 Å². The minimum Gasteiger partial charge on any atom is -0.394 e. The average Bonchev–Trinajstić information content (AvgIpc) is 3.09. The Labute approximate surface area is 147 Å². The SMILES string of the molecule is OC[C@@H]1CCCN1c1nc(-c2cccc(Cl)c2)nc2c1CCCC2. The first-order valence-electron chi connectivity index (χ1n) is 8.79. The summed E-state index contributed by atoms with van der Waals surface area (Å²) in [4.78, 5) is 12.1. The Morgan fingerprint density at radius 1 is 1.17 bits per heavy atom. The molecule has 0 spiro atoms. The molecule has 1 N–H and O–H groups in total. The van der Waals surface area contributed by atoms with Crippen LogP contribution in [0.5, 0.6) is 0 Å². The average molecular weight is 344 g/mol. The minimum absolute atomic E-state index is 0.179. The first-order valence-corrected chi connectivity index (χ1v) is 9.17. The number of rotatable bonds is 3.